The quantitative estimate of drug-likeness (QED) is 0.475. The van der Waals surface area contributed by atoms with Gasteiger partial charge in [0.2, 0.25) is 0 Å². The summed E-state index contributed by atoms with van der Waals surface area (Å²) in [7, 11) is 2.02. The lowest BCUT2D eigenvalue weighted by Gasteiger charge is -2.32. The van der Waals surface area contributed by atoms with Crippen LogP contribution in [0.3, 0.4) is 0 Å². The molecule has 0 spiro atoms. The van der Waals surface area contributed by atoms with E-state index in [4.69, 9.17) is 5.73 Å². The summed E-state index contributed by atoms with van der Waals surface area (Å²) in [5.74, 6) is -1.50. The molecule has 0 bridgehead atoms. The van der Waals surface area contributed by atoms with Gasteiger partial charge in [0, 0.05) is 56.7 Å². The third-order valence-corrected chi connectivity index (χ3v) is 5.74. The first-order valence-electron chi connectivity index (χ1n) is 11.0. The molecule has 0 unspecified atom stereocenters. The van der Waals surface area contributed by atoms with Gasteiger partial charge in [-0.25, -0.2) is 18.7 Å². The van der Waals surface area contributed by atoms with Crippen LogP contribution in [-0.2, 0) is 6.54 Å². The Bertz CT molecular complexity index is 1210. The highest BCUT2D eigenvalue weighted by molar-refractivity contribution is 5.98. The van der Waals surface area contributed by atoms with Crippen LogP contribution in [0.25, 0.3) is 0 Å². The van der Waals surface area contributed by atoms with E-state index in [1.165, 1.54) is 24.5 Å². The summed E-state index contributed by atoms with van der Waals surface area (Å²) in [6, 6.07) is 8.39. The van der Waals surface area contributed by atoms with E-state index in [0.717, 1.165) is 25.2 Å². The van der Waals surface area contributed by atoms with Crippen molar-refractivity contribution in [3.63, 3.8) is 0 Å². The Morgan fingerprint density at radius 2 is 1.69 bits per heavy atom. The van der Waals surface area contributed by atoms with Gasteiger partial charge in [-0.1, -0.05) is 6.07 Å². The van der Waals surface area contributed by atoms with Crippen LogP contribution < -0.4 is 16.4 Å². The number of likely N-dealkylation sites (N-methyl/N-ethyl adjacent to an activating group) is 1. The van der Waals surface area contributed by atoms with E-state index < -0.39 is 17.5 Å². The monoisotopic (exact) mass is 481 g/mol. The van der Waals surface area contributed by atoms with E-state index in [1.807, 2.05) is 7.05 Å². The molecule has 0 saturated carbocycles. The Morgan fingerprint density at radius 1 is 1.00 bits per heavy atom. The number of halogens is 2. The molecular weight excluding hydrogens is 456 g/mol. The van der Waals surface area contributed by atoms with Crippen molar-refractivity contribution in [1.29, 1.82) is 0 Å². The molecule has 3 heterocycles. The topological polar surface area (TPSA) is 116 Å². The van der Waals surface area contributed by atoms with E-state index in [2.05, 4.69) is 25.5 Å². The second-order valence-electron chi connectivity index (χ2n) is 8.19. The van der Waals surface area contributed by atoms with Gasteiger partial charge in [-0.05, 0) is 31.3 Å². The standard InChI is InChI=1S/C24H25F2N7O2/c1-32-7-9-33(10-8-32)24(35)15-5-6-21(29-12-15)31-22-11-20(17(14-30-22)23(27)34)28-13-16-18(25)3-2-4-19(16)26/h2-6,11-12,14H,7-10,13H2,1H3,(H2,27,34)(H2,28,29,30,31). The molecule has 2 amide bonds. The summed E-state index contributed by atoms with van der Waals surface area (Å²) in [5.41, 5.74) is 6.04. The van der Waals surface area contributed by atoms with Crippen LogP contribution in [0.15, 0.2) is 48.8 Å². The zero-order valence-corrected chi connectivity index (χ0v) is 19.1. The minimum absolute atomic E-state index is 0.0633. The molecule has 11 heteroatoms. The smallest absolute Gasteiger partial charge is 0.255 e. The summed E-state index contributed by atoms with van der Waals surface area (Å²) < 4.78 is 27.9. The number of aromatic nitrogens is 2. The Balaban J connectivity index is 1.47. The molecule has 182 valence electrons. The van der Waals surface area contributed by atoms with Crippen LogP contribution in [0.4, 0.5) is 26.1 Å². The maximum Gasteiger partial charge on any atom is 0.255 e. The number of hydrogen-bond acceptors (Lipinski definition) is 7. The number of anilines is 3. The lowest BCUT2D eigenvalue weighted by molar-refractivity contribution is 0.0663. The molecule has 35 heavy (non-hydrogen) atoms. The number of nitrogens with zero attached hydrogens (tertiary/aromatic N) is 4. The van der Waals surface area contributed by atoms with Gasteiger partial charge in [-0.3, -0.25) is 9.59 Å². The molecule has 1 aliphatic heterocycles. The maximum atomic E-state index is 14.0. The van der Waals surface area contributed by atoms with Gasteiger partial charge in [-0.15, -0.1) is 0 Å². The minimum atomic E-state index is -0.745. The van der Waals surface area contributed by atoms with E-state index in [0.29, 0.717) is 30.3 Å². The van der Waals surface area contributed by atoms with Crippen molar-refractivity contribution in [1.82, 2.24) is 19.8 Å². The number of carbonyl (C=O) groups excluding carboxylic acids is 2. The van der Waals surface area contributed by atoms with Gasteiger partial charge in [0.25, 0.3) is 11.8 Å². The van der Waals surface area contributed by atoms with Gasteiger partial charge < -0.3 is 26.2 Å². The van der Waals surface area contributed by atoms with E-state index in [-0.39, 0.29) is 29.3 Å². The third-order valence-electron chi connectivity index (χ3n) is 5.74. The molecule has 1 fully saturated rings. The summed E-state index contributed by atoms with van der Waals surface area (Å²) in [6.07, 6.45) is 2.75. The van der Waals surface area contributed by atoms with Crippen molar-refractivity contribution in [2.45, 2.75) is 6.54 Å². The van der Waals surface area contributed by atoms with Crippen LogP contribution in [0.2, 0.25) is 0 Å². The maximum absolute atomic E-state index is 14.0. The number of carbonyl (C=O) groups is 2. The summed E-state index contributed by atoms with van der Waals surface area (Å²) >= 11 is 0. The van der Waals surface area contributed by atoms with Gasteiger partial charge in [0.15, 0.2) is 0 Å². The van der Waals surface area contributed by atoms with Crippen LogP contribution in [-0.4, -0.2) is 64.8 Å². The highest BCUT2D eigenvalue weighted by Crippen LogP contribution is 2.23. The molecule has 3 aromatic rings. The Kier molecular flexibility index (Phi) is 7.16. The first-order valence-corrected chi connectivity index (χ1v) is 11.0. The molecule has 4 N–H and O–H groups in total. The Hall–Kier alpha value is -4.12. The van der Waals surface area contributed by atoms with Crippen LogP contribution in [0, 0.1) is 11.6 Å². The van der Waals surface area contributed by atoms with E-state index in [9.17, 15) is 18.4 Å². The highest BCUT2D eigenvalue weighted by atomic mass is 19.1. The zero-order chi connectivity index (χ0) is 24.9. The van der Waals surface area contributed by atoms with E-state index in [1.54, 1.807) is 17.0 Å². The predicted octanol–water partition coefficient (Wildman–Crippen LogP) is 2.60. The van der Waals surface area contributed by atoms with Crippen LogP contribution in [0.1, 0.15) is 26.3 Å². The fraction of sp³-hybridized carbons (Fsp3) is 0.250. The first kappa shape index (κ1) is 24.0. The number of nitrogens with one attached hydrogen (secondary N) is 2. The van der Waals surface area contributed by atoms with Crippen molar-refractivity contribution in [3.05, 3.63) is 77.1 Å². The molecular formula is C24H25F2N7O2. The molecule has 2 aromatic heterocycles. The van der Waals surface area contributed by atoms with Gasteiger partial charge >= 0.3 is 0 Å². The number of amides is 2. The summed E-state index contributed by atoms with van der Waals surface area (Å²) in [6.45, 7) is 2.77. The van der Waals surface area contributed by atoms with E-state index >= 15 is 0 Å². The molecule has 9 nitrogen and oxygen atoms in total. The number of hydrogen-bond donors (Lipinski definition) is 3. The van der Waals surface area contributed by atoms with Gasteiger partial charge in [0.1, 0.15) is 23.3 Å². The molecule has 0 aliphatic carbocycles. The number of nitrogens with two attached hydrogens (primary N) is 1. The van der Waals surface area contributed by atoms with Crippen molar-refractivity contribution < 1.29 is 18.4 Å². The lowest BCUT2D eigenvalue weighted by atomic mass is 10.1. The average Bonchev–Trinajstić information content (AvgIpc) is 2.84. The second-order valence-corrected chi connectivity index (χ2v) is 8.19. The Labute approximate surface area is 201 Å². The van der Waals surface area contributed by atoms with Crippen LogP contribution >= 0.6 is 0 Å². The summed E-state index contributed by atoms with van der Waals surface area (Å²) in [4.78, 5) is 36.9. The molecule has 0 atom stereocenters. The van der Waals surface area contributed by atoms with Gasteiger partial charge in [0.05, 0.1) is 16.8 Å². The second kappa shape index (κ2) is 10.4. The number of piperazine rings is 1. The third kappa shape index (κ3) is 5.69. The Morgan fingerprint density at radius 3 is 2.31 bits per heavy atom. The number of benzene rings is 1. The number of rotatable bonds is 7. The molecule has 0 radical (unpaired) electrons. The van der Waals surface area contributed by atoms with Crippen molar-refractivity contribution in [2.75, 3.05) is 43.9 Å². The SMILES string of the molecule is CN1CCN(C(=O)c2ccc(Nc3cc(NCc4c(F)cccc4F)c(C(N)=O)cn3)nc2)CC1. The van der Waals surface area contributed by atoms with Crippen molar-refractivity contribution in [3.8, 4) is 0 Å². The molecule has 1 saturated heterocycles. The average molecular weight is 482 g/mol. The number of pyridine rings is 2. The van der Waals surface area contributed by atoms with Crippen molar-refractivity contribution >= 4 is 29.1 Å². The fourth-order valence-electron chi connectivity index (χ4n) is 3.67. The normalized spacial score (nSPS) is 14.0. The largest absolute Gasteiger partial charge is 0.380 e. The lowest BCUT2D eigenvalue weighted by Crippen LogP contribution is -2.47. The minimum Gasteiger partial charge on any atom is -0.380 e. The molecule has 1 aliphatic rings. The fourth-order valence-corrected chi connectivity index (χ4v) is 3.67. The molecule has 1 aromatic carbocycles. The zero-order valence-electron chi connectivity index (χ0n) is 19.1. The van der Waals surface area contributed by atoms with Crippen molar-refractivity contribution in [2.24, 2.45) is 5.73 Å². The number of primary amides is 1. The molecule has 4 rings (SSSR count). The van der Waals surface area contributed by atoms with Crippen LogP contribution in [0.5, 0.6) is 0 Å². The van der Waals surface area contributed by atoms with Gasteiger partial charge in [-0.2, -0.15) is 0 Å². The predicted molar refractivity (Wildman–Crippen MR) is 127 cm³/mol. The highest BCUT2D eigenvalue weighted by Gasteiger charge is 2.20. The first-order chi connectivity index (χ1) is 16.8. The summed E-state index contributed by atoms with van der Waals surface area (Å²) in [5, 5.41) is 5.84.